The summed E-state index contributed by atoms with van der Waals surface area (Å²) in [6, 6.07) is 7.40. The maximum Gasteiger partial charge on any atom is 0.0780 e. The highest BCUT2D eigenvalue weighted by molar-refractivity contribution is 6.31. The molecule has 0 unspecified atom stereocenters. The SMILES string of the molecule is CC(C)(C#N)c1ccc(N)cc1Cl. The molecule has 1 aromatic rings. The van der Waals surface area contributed by atoms with E-state index in [9.17, 15) is 0 Å². The second kappa shape index (κ2) is 3.27. The van der Waals surface area contributed by atoms with Gasteiger partial charge in [-0.1, -0.05) is 17.7 Å². The Bertz CT molecular complexity index is 364. The molecule has 0 saturated heterocycles. The first kappa shape index (κ1) is 9.88. The quantitative estimate of drug-likeness (QED) is 0.699. The first-order valence-corrected chi connectivity index (χ1v) is 4.32. The Labute approximate surface area is 82.9 Å². The van der Waals surface area contributed by atoms with E-state index in [0.717, 1.165) is 5.56 Å². The van der Waals surface area contributed by atoms with Gasteiger partial charge in [-0.2, -0.15) is 5.26 Å². The van der Waals surface area contributed by atoms with Crippen molar-refractivity contribution in [2.45, 2.75) is 19.3 Å². The van der Waals surface area contributed by atoms with Gasteiger partial charge in [-0.3, -0.25) is 0 Å². The second-order valence-electron chi connectivity index (χ2n) is 3.48. The van der Waals surface area contributed by atoms with Crippen LogP contribution in [0, 0.1) is 11.3 Å². The summed E-state index contributed by atoms with van der Waals surface area (Å²) in [6.45, 7) is 3.65. The summed E-state index contributed by atoms with van der Waals surface area (Å²) in [5.41, 5.74) is 6.40. The third-order valence-electron chi connectivity index (χ3n) is 1.95. The summed E-state index contributed by atoms with van der Waals surface area (Å²) in [5.74, 6) is 0. The van der Waals surface area contributed by atoms with Crippen LogP contribution in [0.3, 0.4) is 0 Å². The van der Waals surface area contributed by atoms with E-state index in [0.29, 0.717) is 10.7 Å². The van der Waals surface area contributed by atoms with Crippen molar-refractivity contribution < 1.29 is 0 Å². The monoisotopic (exact) mass is 194 g/mol. The fourth-order valence-electron chi connectivity index (χ4n) is 1.10. The molecule has 0 bridgehead atoms. The van der Waals surface area contributed by atoms with Crippen molar-refractivity contribution >= 4 is 17.3 Å². The van der Waals surface area contributed by atoms with Gasteiger partial charge in [0.1, 0.15) is 0 Å². The highest BCUT2D eigenvalue weighted by atomic mass is 35.5. The maximum absolute atomic E-state index is 8.90. The molecular weight excluding hydrogens is 184 g/mol. The van der Waals surface area contributed by atoms with Gasteiger partial charge in [-0.05, 0) is 31.5 Å². The lowest BCUT2D eigenvalue weighted by atomic mass is 9.86. The highest BCUT2D eigenvalue weighted by Gasteiger charge is 2.22. The van der Waals surface area contributed by atoms with Crippen LogP contribution in [-0.2, 0) is 5.41 Å². The molecular formula is C10H11ClN2. The largest absolute Gasteiger partial charge is 0.399 e. The average molecular weight is 195 g/mol. The molecule has 2 nitrogen and oxygen atoms in total. The van der Waals surface area contributed by atoms with E-state index in [1.54, 1.807) is 18.2 Å². The van der Waals surface area contributed by atoms with Crippen LogP contribution in [0.25, 0.3) is 0 Å². The van der Waals surface area contributed by atoms with Crippen LogP contribution in [-0.4, -0.2) is 0 Å². The van der Waals surface area contributed by atoms with Crippen LogP contribution >= 0.6 is 11.6 Å². The molecule has 0 aliphatic carbocycles. The van der Waals surface area contributed by atoms with Gasteiger partial charge in [-0.15, -0.1) is 0 Å². The molecule has 3 heteroatoms. The number of anilines is 1. The maximum atomic E-state index is 8.90. The molecule has 0 aliphatic rings. The minimum Gasteiger partial charge on any atom is -0.399 e. The Hall–Kier alpha value is -1.20. The molecule has 1 rings (SSSR count). The van der Waals surface area contributed by atoms with Gasteiger partial charge in [-0.25, -0.2) is 0 Å². The molecule has 13 heavy (non-hydrogen) atoms. The van der Waals surface area contributed by atoms with E-state index in [-0.39, 0.29) is 0 Å². The molecule has 68 valence electrons. The van der Waals surface area contributed by atoms with Crippen molar-refractivity contribution in [3.8, 4) is 6.07 Å². The lowest BCUT2D eigenvalue weighted by molar-refractivity contribution is 0.687. The van der Waals surface area contributed by atoms with Gasteiger partial charge in [0.15, 0.2) is 0 Å². The molecule has 0 radical (unpaired) electrons. The number of hydrogen-bond donors (Lipinski definition) is 1. The summed E-state index contributed by atoms with van der Waals surface area (Å²) >= 11 is 5.96. The Morgan fingerprint density at radius 1 is 1.46 bits per heavy atom. The van der Waals surface area contributed by atoms with E-state index in [1.807, 2.05) is 13.8 Å². The molecule has 0 aliphatic heterocycles. The van der Waals surface area contributed by atoms with Crippen molar-refractivity contribution in [2.75, 3.05) is 5.73 Å². The van der Waals surface area contributed by atoms with Crippen molar-refractivity contribution in [1.82, 2.24) is 0 Å². The number of nitrogens with zero attached hydrogens (tertiary/aromatic N) is 1. The van der Waals surface area contributed by atoms with E-state index < -0.39 is 5.41 Å². The van der Waals surface area contributed by atoms with Crippen molar-refractivity contribution in [3.63, 3.8) is 0 Å². The molecule has 0 atom stereocenters. The van der Waals surface area contributed by atoms with E-state index in [1.165, 1.54) is 0 Å². The van der Waals surface area contributed by atoms with E-state index in [4.69, 9.17) is 22.6 Å². The zero-order valence-electron chi connectivity index (χ0n) is 7.63. The molecule has 2 N–H and O–H groups in total. The average Bonchev–Trinajstić information content (AvgIpc) is 2.03. The Kier molecular flexibility index (Phi) is 2.49. The minimum absolute atomic E-state index is 0.548. The molecule has 1 aromatic carbocycles. The number of rotatable bonds is 1. The first-order chi connectivity index (χ1) is 5.97. The Morgan fingerprint density at radius 3 is 2.54 bits per heavy atom. The number of benzene rings is 1. The lowest BCUT2D eigenvalue weighted by Gasteiger charge is -2.17. The normalized spacial score (nSPS) is 10.9. The van der Waals surface area contributed by atoms with Crippen molar-refractivity contribution in [1.29, 1.82) is 5.26 Å². The van der Waals surface area contributed by atoms with Crippen LogP contribution in [0.2, 0.25) is 5.02 Å². The van der Waals surface area contributed by atoms with Gasteiger partial charge in [0.2, 0.25) is 0 Å². The zero-order chi connectivity index (χ0) is 10.1. The van der Waals surface area contributed by atoms with Crippen LogP contribution in [0.1, 0.15) is 19.4 Å². The predicted molar refractivity (Wildman–Crippen MR) is 54.5 cm³/mol. The van der Waals surface area contributed by atoms with Gasteiger partial charge in [0.05, 0.1) is 11.5 Å². The third kappa shape index (κ3) is 1.93. The van der Waals surface area contributed by atoms with E-state index in [2.05, 4.69) is 6.07 Å². The Balaban J connectivity index is 3.26. The topological polar surface area (TPSA) is 49.8 Å². The van der Waals surface area contributed by atoms with Crippen LogP contribution in [0.5, 0.6) is 0 Å². The first-order valence-electron chi connectivity index (χ1n) is 3.94. The number of hydrogen-bond acceptors (Lipinski definition) is 2. The van der Waals surface area contributed by atoms with Gasteiger partial charge in [0.25, 0.3) is 0 Å². The van der Waals surface area contributed by atoms with Gasteiger partial charge >= 0.3 is 0 Å². The van der Waals surface area contributed by atoms with E-state index >= 15 is 0 Å². The predicted octanol–water partition coefficient (Wildman–Crippen LogP) is 2.72. The van der Waals surface area contributed by atoms with Crippen molar-refractivity contribution in [2.24, 2.45) is 0 Å². The van der Waals surface area contributed by atoms with Crippen LogP contribution in [0.4, 0.5) is 5.69 Å². The Morgan fingerprint density at radius 2 is 2.08 bits per heavy atom. The lowest BCUT2D eigenvalue weighted by Crippen LogP contribution is -2.14. The van der Waals surface area contributed by atoms with Gasteiger partial charge < -0.3 is 5.73 Å². The molecule has 0 saturated carbocycles. The summed E-state index contributed by atoms with van der Waals surface area (Å²) < 4.78 is 0. The number of halogens is 1. The summed E-state index contributed by atoms with van der Waals surface area (Å²) in [6.07, 6.45) is 0. The number of nitriles is 1. The molecule has 0 fully saturated rings. The number of nitrogen functional groups attached to an aromatic ring is 1. The third-order valence-corrected chi connectivity index (χ3v) is 2.26. The molecule has 0 heterocycles. The molecule has 0 amide bonds. The number of nitrogens with two attached hydrogens (primary N) is 1. The summed E-state index contributed by atoms with van der Waals surface area (Å²) in [7, 11) is 0. The molecule has 0 aromatic heterocycles. The zero-order valence-corrected chi connectivity index (χ0v) is 8.39. The summed E-state index contributed by atoms with van der Waals surface area (Å²) in [4.78, 5) is 0. The van der Waals surface area contributed by atoms with Gasteiger partial charge in [0, 0.05) is 10.7 Å². The fourth-order valence-corrected chi connectivity index (χ4v) is 1.52. The summed E-state index contributed by atoms with van der Waals surface area (Å²) in [5, 5.41) is 9.45. The van der Waals surface area contributed by atoms with Crippen LogP contribution in [0.15, 0.2) is 18.2 Å². The standard InChI is InChI=1S/C10H11ClN2/c1-10(2,6-12)8-4-3-7(13)5-9(8)11/h3-5H,13H2,1-2H3. The molecule has 0 spiro atoms. The minimum atomic E-state index is -0.565. The fraction of sp³-hybridized carbons (Fsp3) is 0.300. The smallest absolute Gasteiger partial charge is 0.0780 e. The highest BCUT2D eigenvalue weighted by Crippen LogP contribution is 2.30. The van der Waals surface area contributed by atoms with Crippen molar-refractivity contribution in [3.05, 3.63) is 28.8 Å². The van der Waals surface area contributed by atoms with Crippen LogP contribution < -0.4 is 5.73 Å². The second-order valence-corrected chi connectivity index (χ2v) is 3.88.